The fourth-order valence-electron chi connectivity index (χ4n) is 2.57. The highest BCUT2D eigenvalue weighted by Gasteiger charge is 2.23. The lowest BCUT2D eigenvalue weighted by Gasteiger charge is -2.14. The quantitative estimate of drug-likeness (QED) is 0.401. The fourth-order valence-corrected chi connectivity index (χ4v) is 2.67. The monoisotopic (exact) mass is 307 g/mol. The number of hydrogen-bond acceptors (Lipinski definition) is 4. The SMILES string of the molecule is CC(=O)/C(C(=O)NC1CCCC1)=C(\C)c1cnc(Cl)nc1. The van der Waals surface area contributed by atoms with Gasteiger partial charge in [-0.2, -0.15) is 0 Å². The Kier molecular flexibility index (Phi) is 5.07. The Morgan fingerprint density at radius 3 is 2.29 bits per heavy atom. The predicted molar refractivity (Wildman–Crippen MR) is 80.7 cm³/mol. The molecule has 21 heavy (non-hydrogen) atoms. The Morgan fingerprint density at radius 1 is 1.19 bits per heavy atom. The van der Waals surface area contributed by atoms with Gasteiger partial charge in [0.15, 0.2) is 5.78 Å². The number of allylic oxidation sites excluding steroid dienone is 1. The van der Waals surface area contributed by atoms with Crippen molar-refractivity contribution < 1.29 is 9.59 Å². The van der Waals surface area contributed by atoms with Gasteiger partial charge in [0.25, 0.3) is 5.91 Å². The van der Waals surface area contributed by atoms with Crippen LogP contribution in [0.2, 0.25) is 5.28 Å². The minimum Gasteiger partial charge on any atom is -0.349 e. The van der Waals surface area contributed by atoms with Crippen LogP contribution >= 0.6 is 11.6 Å². The van der Waals surface area contributed by atoms with Gasteiger partial charge < -0.3 is 5.32 Å². The van der Waals surface area contributed by atoms with Crippen LogP contribution in [0.15, 0.2) is 18.0 Å². The zero-order chi connectivity index (χ0) is 15.4. The summed E-state index contributed by atoms with van der Waals surface area (Å²) in [6, 6.07) is 0.168. The normalized spacial score (nSPS) is 16.5. The second kappa shape index (κ2) is 6.80. The lowest BCUT2D eigenvalue weighted by Crippen LogP contribution is -2.35. The maximum absolute atomic E-state index is 12.4. The first kappa shape index (κ1) is 15.6. The molecule has 1 N–H and O–H groups in total. The molecule has 1 amide bonds. The number of ketones is 1. The van der Waals surface area contributed by atoms with E-state index in [0.717, 1.165) is 25.7 Å². The molecule has 0 saturated heterocycles. The standard InChI is InChI=1S/C15H18ClN3O2/c1-9(11-7-17-15(16)18-8-11)13(10(2)20)14(21)19-12-5-3-4-6-12/h7-8,12H,3-6H2,1-2H3,(H,19,21)/b13-9-. The third-order valence-corrected chi connectivity index (χ3v) is 3.89. The van der Waals surface area contributed by atoms with E-state index in [0.29, 0.717) is 11.1 Å². The van der Waals surface area contributed by atoms with E-state index in [4.69, 9.17) is 11.6 Å². The van der Waals surface area contributed by atoms with Crippen LogP contribution < -0.4 is 5.32 Å². The van der Waals surface area contributed by atoms with Gasteiger partial charge in [-0.25, -0.2) is 9.97 Å². The van der Waals surface area contributed by atoms with E-state index in [9.17, 15) is 9.59 Å². The molecule has 1 fully saturated rings. The molecule has 0 aliphatic heterocycles. The number of Topliss-reactive ketones (excluding diaryl/α,β-unsaturated/α-hetero) is 1. The van der Waals surface area contributed by atoms with Gasteiger partial charge in [-0.15, -0.1) is 0 Å². The smallest absolute Gasteiger partial charge is 0.255 e. The first-order valence-electron chi connectivity index (χ1n) is 6.99. The average Bonchev–Trinajstić information content (AvgIpc) is 2.91. The van der Waals surface area contributed by atoms with E-state index < -0.39 is 0 Å². The molecular weight excluding hydrogens is 290 g/mol. The largest absolute Gasteiger partial charge is 0.349 e. The molecule has 1 aliphatic rings. The summed E-state index contributed by atoms with van der Waals surface area (Å²) in [6.45, 7) is 3.11. The van der Waals surface area contributed by atoms with Crippen LogP contribution in [0.4, 0.5) is 0 Å². The van der Waals surface area contributed by atoms with Crippen molar-refractivity contribution in [3.05, 3.63) is 28.8 Å². The van der Waals surface area contributed by atoms with Gasteiger partial charge >= 0.3 is 0 Å². The molecule has 0 atom stereocenters. The topological polar surface area (TPSA) is 72.0 Å². The summed E-state index contributed by atoms with van der Waals surface area (Å²) in [6.07, 6.45) is 7.20. The molecule has 1 aromatic rings. The first-order chi connectivity index (χ1) is 9.99. The van der Waals surface area contributed by atoms with Crippen LogP contribution in [-0.4, -0.2) is 27.7 Å². The molecule has 6 heteroatoms. The van der Waals surface area contributed by atoms with Gasteiger partial charge in [0, 0.05) is 24.0 Å². The molecule has 1 heterocycles. The maximum Gasteiger partial charge on any atom is 0.255 e. The predicted octanol–water partition coefficient (Wildman–Crippen LogP) is 2.55. The van der Waals surface area contributed by atoms with Gasteiger partial charge in [0.05, 0.1) is 5.57 Å². The number of aromatic nitrogens is 2. The van der Waals surface area contributed by atoms with Gasteiger partial charge in [0.1, 0.15) is 0 Å². The maximum atomic E-state index is 12.4. The van der Waals surface area contributed by atoms with Crippen LogP contribution in [0, 0.1) is 0 Å². The fraction of sp³-hybridized carbons (Fsp3) is 0.467. The Hall–Kier alpha value is -1.75. The van der Waals surface area contributed by atoms with Crippen LogP contribution in [0.25, 0.3) is 5.57 Å². The van der Waals surface area contributed by atoms with Crippen molar-refractivity contribution in [3.63, 3.8) is 0 Å². The summed E-state index contributed by atoms with van der Waals surface area (Å²) in [7, 11) is 0. The molecule has 1 aliphatic carbocycles. The number of nitrogens with zero attached hydrogens (tertiary/aromatic N) is 2. The third-order valence-electron chi connectivity index (χ3n) is 3.70. The second-order valence-electron chi connectivity index (χ2n) is 5.25. The molecule has 1 saturated carbocycles. The van der Waals surface area contributed by atoms with Crippen LogP contribution in [0.1, 0.15) is 45.1 Å². The Bertz CT molecular complexity index is 575. The van der Waals surface area contributed by atoms with Gasteiger partial charge in [0.2, 0.25) is 5.28 Å². The molecule has 5 nitrogen and oxygen atoms in total. The minimum atomic E-state index is -0.318. The highest BCUT2D eigenvalue weighted by Crippen LogP contribution is 2.21. The Morgan fingerprint density at radius 2 is 1.76 bits per heavy atom. The van der Waals surface area contributed by atoms with E-state index in [1.165, 1.54) is 19.3 Å². The summed E-state index contributed by atoms with van der Waals surface area (Å²) in [5.74, 6) is -0.584. The number of carbonyl (C=O) groups excluding carboxylic acids is 2. The molecule has 0 spiro atoms. The molecular formula is C15H18ClN3O2. The number of amides is 1. The van der Waals surface area contributed by atoms with E-state index >= 15 is 0 Å². The molecule has 1 aromatic heterocycles. The van der Waals surface area contributed by atoms with Crippen molar-refractivity contribution in [2.75, 3.05) is 0 Å². The Balaban J connectivity index is 2.27. The number of halogens is 1. The van der Waals surface area contributed by atoms with E-state index in [-0.39, 0.29) is 28.6 Å². The van der Waals surface area contributed by atoms with Crippen molar-refractivity contribution in [1.82, 2.24) is 15.3 Å². The van der Waals surface area contributed by atoms with Gasteiger partial charge in [-0.05, 0) is 43.9 Å². The van der Waals surface area contributed by atoms with Crippen molar-refractivity contribution >= 4 is 28.9 Å². The zero-order valence-electron chi connectivity index (χ0n) is 12.1. The number of nitrogens with one attached hydrogen (secondary N) is 1. The number of carbonyl (C=O) groups is 2. The molecule has 0 bridgehead atoms. The van der Waals surface area contributed by atoms with E-state index in [1.807, 2.05) is 0 Å². The zero-order valence-corrected chi connectivity index (χ0v) is 12.9. The average molecular weight is 308 g/mol. The number of hydrogen-bond donors (Lipinski definition) is 1. The van der Waals surface area contributed by atoms with E-state index in [1.54, 1.807) is 6.92 Å². The van der Waals surface area contributed by atoms with Crippen LogP contribution in [0.5, 0.6) is 0 Å². The van der Waals surface area contributed by atoms with Crippen molar-refractivity contribution in [1.29, 1.82) is 0 Å². The van der Waals surface area contributed by atoms with E-state index in [2.05, 4.69) is 15.3 Å². The van der Waals surface area contributed by atoms with Crippen LogP contribution in [0.3, 0.4) is 0 Å². The lowest BCUT2D eigenvalue weighted by atomic mass is 10.00. The van der Waals surface area contributed by atoms with Crippen molar-refractivity contribution in [3.8, 4) is 0 Å². The van der Waals surface area contributed by atoms with Crippen molar-refractivity contribution in [2.24, 2.45) is 0 Å². The van der Waals surface area contributed by atoms with Gasteiger partial charge in [-0.3, -0.25) is 9.59 Å². The molecule has 2 rings (SSSR count). The van der Waals surface area contributed by atoms with Crippen LogP contribution in [-0.2, 0) is 9.59 Å². The summed E-state index contributed by atoms with van der Waals surface area (Å²) >= 11 is 5.65. The summed E-state index contributed by atoms with van der Waals surface area (Å²) in [5, 5.41) is 3.07. The minimum absolute atomic E-state index is 0.131. The summed E-state index contributed by atoms with van der Waals surface area (Å²) in [5.41, 5.74) is 1.34. The molecule has 112 valence electrons. The number of rotatable bonds is 4. The molecule has 0 aromatic carbocycles. The highest BCUT2D eigenvalue weighted by molar-refractivity contribution is 6.28. The van der Waals surface area contributed by atoms with Gasteiger partial charge in [-0.1, -0.05) is 12.8 Å². The highest BCUT2D eigenvalue weighted by atomic mass is 35.5. The lowest BCUT2D eigenvalue weighted by molar-refractivity contribution is -0.122. The Labute approximate surface area is 128 Å². The second-order valence-corrected chi connectivity index (χ2v) is 5.59. The molecule has 0 unspecified atom stereocenters. The third kappa shape index (κ3) is 3.88. The van der Waals surface area contributed by atoms with Crippen molar-refractivity contribution in [2.45, 2.75) is 45.6 Å². The summed E-state index contributed by atoms with van der Waals surface area (Å²) in [4.78, 5) is 32.0. The molecule has 0 radical (unpaired) electrons. The first-order valence-corrected chi connectivity index (χ1v) is 7.37. The summed E-state index contributed by atoms with van der Waals surface area (Å²) < 4.78 is 0.